The largest absolute Gasteiger partial charge is 0.464 e. The van der Waals surface area contributed by atoms with Crippen molar-refractivity contribution in [1.29, 1.82) is 0 Å². The Bertz CT molecular complexity index is 1120. The highest BCUT2D eigenvalue weighted by molar-refractivity contribution is 6.17. The summed E-state index contributed by atoms with van der Waals surface area (Å²) < 4.78 is 10.6. The van der Waals surface area contributed by atoms with Crippen molar-refractivity contribution in [2.75, 3.05) is 13.2 Å². The van der Waals surface area contributed by atoms with Gasteiger partial charge in [-0.15, -0.1) is 0 Å². The molecule has 0 spiro atoms. The van der Waals surface area contributed by atoms with Crippen LogP contribution in [0.3, 0.4) is 0 Å². The van der Waals surface area contributed by atoms with E-state index in [0.29, 0.717) is 11.1 Å². The number of esters is 2. The molecule has 1 saturated heterocycles. The van der Waals surface area contributed by atoms with Gasteiger partial charge in [0.25, 0.3) is 11.4 Å². The molecular formula is C25H23NO5. The van der Waals surface area contributed by atoms with Gasteiger partial charge in [0.05, 0.1) is 13.2 Å². The molecule has 0 aliphatic carbocycles. The molecule has 1 unspecified atom stereocenters. The summed E-state index contributed by atoms with van der Waals surface area (Å²) in [5.41, 5.74) is -0.782. The van der Waals surface area contributed by atoms with E-state index in [2.05, 4.69) is 0 Å². The molecular weight excluding hydrogens is 394 g/mol. The van der Waals surface area contributed by atoms with Crippen LogP contribution in [0.25, 0.3) is 10.8 Å². The molecule has 31 heavy (non-hydrogen) atoms. The van der Waals surface area contributed by atoms with Crippen LogP contribution in [-0.4, -0.2) is 41.5 Å². The van der Waals surface area contributed by atoms with E-state index < -0.39 is 29.4 Å². The molecule has 1 heterocycles. The van der Waals surface area contributed by atoms with Crippen molar-refractivity contribution in [3.05, 3.63) is 83.9 Å². The lowest BCUT2D eigenvalue weighted by atomic mass is 9.95. The van der Waals surface area contributed by atoms with Crippen molar-refractivity contribution in [1.82, 2.24) is 4.90 Å². The van der Waals surface area contributed by atoms with Crippen LogP contribution in [0.15, 0.2) is 72.8 Å². The topological polar surface area (TPSA) is 72.7 Å². The second-order valence-electron chi connectivity index (χ2n) is 7.22. The first kappa shape index (κ1) is 20.6. The van der Waals surface area contributed by atoms with E-state index in [1.54, 1.807) is 44.2 Å². The minimum atomic E-state index is -1.86. The number of nitrogens with zero attached hydrogens (tertiary/aromatic N) is 1. The van der Waals surface area contributed by atoms with E-state index in [0.717, 1.165) is 10.8 Å². The zero-order chi connectivity index (χ0) is 22.0. The normalized spacial score (nSPS) is 16.6. The molecule has 0 radical (unpaired) electrons. The summed E-state index contributed by atoms with van der Waals surface area (Å²) in [6, 6.07) is 21.0. The van der Waals surface area contributed by atoms with Crippen molar-refractivity contribution >= 4 is 28.6 Å². The van der Waals surface area contributed by atoms with E-state index in [-0.39, 0.29) is 13.2 Å². The highest BCUT2D eigenvalue weighted by Gasteiger charge is 2.78. The molecule has 3 aromatic rings. The molecule has 1 fully saturated rings. The summed E-state index contributed by atoms with van der Waals surface area (Å²) >= 11 is 0. The van der Waals surface area contributed by atoms with Crippen LogP contribution in [0.2, 0.25) is 0 Å². The van der Waals surface area contributed by atoms with Crippen LogP contribution < -0.4 is 0 Å². The van der Waals surface area contributed by atoms with Gasteiger partial charge in [0.2, 0.25) is 0 Å². The van der Waals surface area contributed by atoms with Crippen LogP contribution in [0.1, 0.15) is 35.8 Å². The van der Waals surface area contributed by atoms with E-state index in [1.165, 1.54) is 4.90 Å². The van der Waals surface area contributed by atoms with Gasteiger partial charge in [-0.1, -0.05) is 60.7 Å². The third-order valence-electron chi connectivity index (χ3n) is 5.50. The van der Waals surface area contributed by atoms with Gasteiger partial charge in [-0.05, 0) is 42.3 Å². The Morgan fingerprint density at radius 1 is 0.806 bits per heavy atom. The number of benzene rings is 3. The van der Waals surface area contributed by atoms with Crippen molar-refractivity contribution in [2.45, 2.75) is 25.4 Å². The van der Waals surface area contributed by atoms with Gasteiger partial charge in [0, 0.05) is 5.56 Å². The Balaban J connectivity index is 1.91. The minimum Gasteiger partial charge on any atom is -0.464 e. The van der Waals surface area contributed by atoms with Crippen LogP contribution in [0, 0.1) is 0 Å². The van der Waals surface area contributed by atoms with Crippen LogP contribution in [-0.2, 0) is 19.1 Å². The average Bonchev–Trinajstić information content (AvgIpc) is 3.50. The maximum absolute atomic E-state index is 13.5. The second kappa shape index (κ2) is 8.22. The predicted octanol–water partition coefficient (Wildman–Crippen LogP) is 3.90. The van der Waals surface area contributed by atoms with Gasteiger partial charge in [-0.2, -0.15) is 0 Å². The molecule has 1 amide bonds. The first-order valence-corrected chi connectivity index (χ1v) is 10.3. The highest BCUT2D eigenvalue weighted by atomic mass is 16.6. The second-order valence-corrected chi connectivity index (χ2v) is 7.22. The van der Waals surface area contributed by atoms with Crippen molar-refractivity contribution in [3.63, 3.8) is 0 Å². The smallest absolute Gasteiger partial charge is 0.346 e. The Labute approximate surface area is 180 Å². The predicted molar refractivity (Wildman–Crippen MR) is 115 cm³/mol. The highest BCUT2D eigenvalue weighted by Crippen LogP contribution is 2.57. The number of rotatable bonds is 6. The van der Waals surface area contributed by atoms with Gasteiger partial charge in [0.15, 0.2) is 0 Å². The van der Waals surface area contributed by atoms with Gasteiger partial charge in [-0.3, -0.25) is 4.79 Å². The monoisotopic (exact) mass is 417 g/mol. The van der Waals surface area contributed by atoms with Crippen molar-refractivity contribution in [2.24, 2.45) is 0 Å². The first-order chi connectivity index (χ1) is 15.1. The number of amides is 1. The zero-order valence-electron chi connectivity index (χ0n) is 17.4. The maximum Gasteiger partial charge on any atom is 0.346 e. The molecule has 6 nitrogen and oxygen atoms in total. The Kier molecular flexibility index (Phi) is 5.46. The summed E-state index contributed by atoms with van der Waals surface area (Å²) in [4.78, 5) is 41.1. The fourth-order valence-corrected chi connectivity index (χ4v) is 4.13. The number of hydrogen-bond donors (Lipinski definition) is 0. The fourth-order valence-electron chi connectivity index (χ4n) is 4.13. The molecule has 6 heteroatoms. The van der Waals surface area contributed by atoms with E-state index in [1.807, 2.05) is 42.5 Å². The number of hydrogen-bond acceptors (Lipinski definition) is 5. The van der Waals surface area contributed by atoms with Crippen LogP contribution in [0.5, 0.6) is 0 Å². The van der Waals surface area contributed by atoms with Gasteiger partial charge in [0.1, 0.15) is 6.04 Å². The molecule has 0 bridgehead atoms. The van der Waals surface area contributed by atoms with Crippen molar-refractivity contribution in [3.8, 4) is 0 Å². The lowest BCUT2D eigenvalue weighted by molar-refractivity contribution is -0.160. The average molecular weight is 417 g/mol. The fraction of sp³-hybridized carbons (Fsp3) is 0.240. The lowest BCUT2D eigenvalue weighted by Crippen LogP contribution is -2.43. The number of carbonyl (C=O) groups is 3. The molecule has 158 valence electrons. The SMILES string of the molecule is CCOC(=O)C1(C(=O)OCC)C(c2cccc3ccccc23)N1C(=O)c1ccccc1. The molecule has 1 aliphatic rings. The number of ether oxygens (including phenoxy) is 2. The molecule has 1 aliphatic heterocycles. The molecule has 0 aromatic heterocycles. The quantitative estimate of drug-likeness (QED) is 0.346. The summed E-state index contributed by atoms with van der Waals surface area (Å²) in [5.74, 6) is -1.99. The minimum absolute atomic E-state index is 0.0790. The zero-order valence-corrected chi connectivity index (χ0v) is 17.4. The Morgan fingerprint density at radius 3 is 2.03 bits per heavy atom. The summed E-state index contributed by atoms with van der Waals surface area (Å²) in [5, 5.41) is 1.80. The molecule has 0 N–H and O–H groups in total. The van der Waals surface area contributed by atoms with E-state index in [9.17, 15) is 14.4 Å². The third-order valence-corrected chi connectivity index (χ3v) is 5.50. The summed E-state index contributed by atoms with van der Waals surface area (Å²) in [6.45, 7) is 3.48. The maximum atomic E-state index is 13.5. The molecule has 3 aromatic carbocycles. The molecule has 1 atom stereocenters. The van der Waals surface area contributed by atoms with Gasteiger partial charge < -0.3 is 14.4 Å². The Hall–Kier alpha value is -3.67. The number of fused-ring (bicyclic) bond motifs is 1. The summed E-state index contributed by atoms with van der Waals surface area (Å²) in [6.07, 6.45) is 0. The van der Waals surface area contributed by atoms with Gasteiger partial charge in [-0.25, -0.2) is 9.59 Å². The lowest BCUT2D eigenvalue weighted by Gasteiger charge is -2.15. The molecule has 4 rings (SSSR count). The number of carbonyl (C=O) groups excluding carboxylic acids is 3. The Morgan fingerprint density at radius 2 is 1.39 bits per heavy atom. The van der Waals surface area contributed by atoms with Crippen LogP contribution >= 0.6 is 0 Å². The van der Waals surface area contributed by atoms with Crippen molar-refractivity contribution < 1.29 is 23.9 Å². The van der Waals surface area contributed by atoms with E-state index >= 15 is 0 Å². The molecule has 0 saturated carbocycles. The van der Waals surface area contributed by atoms with Gasteiger partial charge >= 0.3 is 11.9 Å². The van der Waals surface area contributed by atoms with Crippen LogP contribution in [0.4, 0.5) is 0 Å². The summed E-state index contributed by atoms with van der Waals surface area (Å²) in [7, 11) is 0. The standard InChI is InChI=1S/C25H23NO5/c1-3-30-23(28)25(24(29)31-4-2)21(26(25)22(27)18-12-6-5-7-13-18)20-16-10-14-17-11-8-9-15-19(17)20/h5-16,21H,3-4H2,1-2H3. The third kappa shape index (κ3) is 3.24. The van der Waals surface area contributed by atoms with E-state index in [4.69, 9.17) is 9.47 Å². The first-order valence-electron chi connectivity index (χ1n) is 10.3.